The molecule has 8 saturated carbocycles. The maximum absolute atomic E-state index is 15.5. The van der Waals surface area contributed by atoms with Crippen molar-refractivity contribution >= 4 is 20.2 Å². The van der Waals surface area contributed by atoms with Gasteiger partial charge in [-0.25, -0.2) is 8.42 Å². The first-order chi connectivity index (χ1) is 24.6. The molecule has 0 amide bonds. The van der Waals surface area contributed by atoms with Gasteiger partial charge in [0.15, 0.2) is 0 Å². The van der Waals surface area contributed by atoms with E-state index in [1.165, 1.54) is 81.9 Å². The van der Waals surface area contributed by atoms with Crippen LogP contribution in [0.25, 0.3) is 0 Å². The molecular weight excluding hydrogens is 677 g/mol. The standard InChI is InChI=1S/C43H56O6S2/c44-50(45,46)34-23-38(28-5-1-2-6-28)42(39(24-34)29-7-3-4-8-29)49-51(47,48)43-40(36-19-26-10-13-31(36)16-26)21-33(35-18-25-9-12-30(35)15-25)22-41(43)37-20-27-11-14-32(37)17-27/h21-32,35-37H,1-20H2,(H,44,45,46)/p-1. The Bertz CT molecular complexity index is 1840. The minimum atomic E-state index is -4.74. The molecule has 0 saturated heterocycles. The van der Waals surface area contributed by atoms with Gasteiger partial charge in [0.25, 0.3) is 0 Å². The van der Waals surface area contributed by atoms with Crippen LogP contribution in [0.5, 0.6) is 5.75 Å². The van der Waals surface area contributed by atoms with Gasteiger partial charge >= 0.3 is 10.1 Å². The molecule has 276 valence electrons. The van der Waals surface area contributed by atoms with Gasteiger partial charge in [-0.1, -0.05) is 57.1 Å². The number of benzene rings is 2. The quantitative estimate of drug-likeness (QED) is 0.188. The molecule has 9 atom stereocenters. The average Bonchev–Trinajstić information content (AvgIpc) is 3.96. The number of rotatable bonds is 9. The Balaban J connectivity index is 1.16. The second kappa shape index (κ2) is 12.6. The predicted octanol–water partition coefficient (Wildman–Crippen LogP) is 10.4. The first kappa shape index (κ1) is 33.7. The molecule has 0 spiro atoms. The molecule has 0 N–H and O–H groups in total. The highest BCUT2D eigenvalue weighted by atomic mass is 32.2. The Hall–Kier alpha value is -1.90. The van der Waals surface area contributed by atoms with Crippen molar-refractivity contribution in [1.29, 1.82) is 0 Å². The second-order valence-electron chi connectivity index (χ2n) is 18.8. The van der Waals surface area contributed by atoms with Gasteiger partial charge in [0.2, 0.25) is 0 Å². The molecule has 9 unspecified atom stereocenters. The Morgan fingerprint density at radius 2 is 0.941 bits per heavy atom. The van der Waals surface area contributed by atoms with E-state index in [-0.39, 0.29) is 28.6 Å². The van der Waals surface area contributed by atoms with Crippen LogP contribution in [0.15, 0.2) is 34.1 Å². The zero-order valence-electron chi connectivity index (χ0n) is 30.1. The average molecular weight is 732 g/mol. The summed E-state index contributed by atoms with van der Waals surface area (Å²) >= 11 is 0. The molecule has 8 heteroatoms. The van der Waals surface area contributed by atoms with Crippen LogP contribution in [-0.4, -0.2) is 21.4 Å². The molecular formula is C43H55O6S2-. The van der Waals surface area contributed by atoms with Crippen molar-refractivity contribution in [2.24, 2.45) is 35.5 Å². The fourth-order valence-electron chi connectivity index (χ4n) is 13.8. The SMILES string of the molecule is O=S(=O)([O-])c1cc(C2CCCC2)c(OS(=O)(=O)c2c(C3CC4CCC3C4)cc(C3CC4CCC3C4)cc2C2CC3CCC2C3)c(C2CCCC2)c1. The van der Waals surface area contributed by atoms with Gasteiger partial charge in [-0.2, -0.15) is 8.42 Å². The van der Waals surface area contributed by atoms with Crippen molar-refractivity contribution in [2.75, 3.05) is 0 Å². The molecule has 0 radical (unpaired) electrons. The Morgan fingerprint density at radius 3 is 1.31 bits per heavy atom. The summed E-state index contributed by atoms with van der Waals surface area (Å²) in [7, 11) is -9.05. The van der Waals surface area contributed by atoms with E-state index in [0.717, 1.165) is 81.3 Å². The van der Waals surface area contributed by atoms with Crippen molar-refractivity contribution in [1.82, 2.24) is 0 Å². The maximum atomic E-state index is 15.5. The van der Waals surface area contributed by atoms with E-state index in [9.17, 15) is 13.0 Å². The molecule has 0 aliphatic heterocycles. The first-order valence-corrected chi connectivity index (χ1v) is 23.7. The highest BCUT2D eigenvalue weighted by Crippen LogP contribution is 2.60. The molecule has 0 aromatic heterocycles. The lowest BCUT2D eigenvalue weighted by Crippen LogP contribution is -2.24. The van der Waals surface area contributed by atoms with Gasteiger partial charge in [0.05, 0.1) is 4.90 Å². The third-order valence-electron chi connectivity index (χ3n) is 16.1. The Kier molecular flexibility index (Phi) is 8.30. The van der Waals surface area contributed by atoms with Crippen LogP contribution >= 0.6 is 0 Å². The van der Waals surface area contributed by atoms with Crippen LogP contribution < -0.4 is 4.18 Å². The summed E-state index contributed by atoms with van der Waals surface area (Å²) in [5.74, 6) is 5.25. The predicted molar refractivity (Wildman–Crippen MR) is 196 cm³/mol. The molecule has 10 rings (SSSR count). The summed E-state index contributed by atoms with van der Waals surface area (Å²) < 4.78 is 75.5. The van der Waals surface area contributed by atoms with Crippen molar-refractivity contribution in [2.45, 2.75) is 168 Å². The third-order valence-corrected chi connectivity index (χ3v) is 18.2. The fourth-order valence-corrected chi connectivity index (χ4v) is 15.8. The van der Waals surface area contributed by atoms with Gasteiger partial charge in [-0.15, -0.1) is 0 Å². The van der Waals surface area contributed by atoms with Gasteiger partial charge in [0, 0.05) is 11.1 Å². The fraction of sp³-hybridized carbons (Fsp3) is 0.721. The lowest BCUT2D eigenvalue weighted by Gasteiger charge is -2.33. The van der Waals surface area contributed by atoms with E-state index in [4.69, 9.17) is 4.18 Å². The van der Waals surface area contributed by atoms with Crippen LogP contribution in [0.1, 0.15) is 186 Å². The lowest BCUT2D eigenvalue weighted by molar-refractivity contribution is 0.392. The van der Waals surface area contributed by atoms with E-state index in [2.05, 4.69) is 12.1 Å². The van der Waals surface area contributed by atoms with Gasteiger partial charge in [0.1, 0.15) is 20.8 Å². The number of hydrogen-bond acceptors (Lipinski definition) is 6. The monoisotopic (exact) mass is 731 g/mol. The summed E-state index contributed by atoms with van der Waals surface area (Å²) in [4.78, 5) is 0.233. The normalized spacial score (nSPS) is 36.3. The highest BCUT2D eigenvalue weighted by Gasteiger charge is 2.48. The zero-order valence-corrected chi connectivity index (χ0v) is 31.7. The Labute approximate surface area is 305 Å². The molecule has 8 aliphatic rings. The molecule has 8 aliphatic carbocycles. The van der Waals surface area contributed by atoms with Crippen LogP contribution in [0, 0.1) is 35.5 Å². The Morgan fingerprint density at radius 1 is 0.510 bits per heavy atom. The summed E-state index contributed by atoms with van der Waals surface area (Å²) in [5, 5.41) is 0. The number of hydrogen-bond donors (Lipinski definition) is 0. The summed E-state index contributed by atoms with van der Waals surface area (Å²) in [6, 6.07) is 7.69. The smallest absolute Gasteiger partial charge is 0.339 e. The molecule has 2 aromatic carbocycles. The van der Waals surface area contributed by atoms with Crippen molar-refractivity contribution in [3.8, 4) is 5.75 Å². The van der Waals surface area contributed by atoms with Crippen molar-refractivity contribution in [3.05, 3.63) is 52.1 Å². The highest BCUT2D eigenvalue weighted by molar-refractivity contribution is 7.87. The van der Waals surface area contributed by atoms with Crippen LogP contribution in [-0.2, 0) is 20.2 Å². The van der Waals surface area contributed by atoms with Crippen LogP contribution in [0.4, 0.5) is 0 Å². The zero-order chi connectivity index (χ0) is 34.6. The van der Waals surface area contributed by atoms with E-state index in [1.807, 2.05) is 0 Å². The molecule has 51 heavy (non-hydrogen) atoms. The maximum Gasteiger partial charge on any atom is 0.339 e. The van der Waals surface area contributed by atoms with Crippen molar-refractivity contribution < 1.29 is 25.6 Å². The largest absolute Gasteiger partial charge is 0.744 e. The first-order valence-electron chi connectivity index (χ1n) is 20.8. The van der Waals surface area contributed by atoms with E-state index < -0.39 is 20.2 Å². The molecule has 0 heterocycles. The lowest BCUT2D eigenvalue weighted by atomic mass is 9.75. The number of fused-ring (bicyclic) bond motifs is 6. The summed E-state index contributed by atoms with van der Waals surface area (Å²) in [5.41, 5.74) is 4.74. The van der Waals surface area contributed by atoms with Gasteiger partial charge in [-0.05, 0) is 177 Å². The van der Waals surface area contributed by atoms with E-state index in [1.54, 1.807) is 0 Å². The molecule has 8 fully saturated rings. The molecule has 6 bridgehead atoms. The minimum Gasteiger partial charge on any atom is -0.744 e. The van der Waals surface area contributed by atoms with E-state index >= 15 is 8.42 Å². The van der Waals surface area contributed by atoms with Crippen molar-refractivity contribution in [3.63, 3.8) is 0 Å². The summed E-state index contributed by atoms with van der Waals surface area (Å²) in [6.07, 6.45) is 22.0. The summed E-state index contributed by atoms with van der Waals surface area (Å²) in [6.45, 7) is 0. The second-order valence-corrected chi connectivity index (χ2v) is 21.6. The third kappa shape index (κ3) is 5.86. The minimum absolute atomic E-state index is 0.0210. The van der Waals surface area contributed by atoms with Gasteiger partial charge in [-0.3, -0.25) is 0 Å². The van der Waals surface area contributed by atoms with E-state index in [0.29, 0.717) is 57.3 Å². The topological polar surface area (TPSA) is 101 Å². The van der Waals surface area contributed by atoms with Crippen LogP contribution in [0.3, 0.4) is 0 Å². The van der Waals surface area contributed by atoms with Gasteiger partial charge < -0.3 is 8.74 Å². The van der Waals surface area contributed by atoms with Crippen LogP contribution in [0.2, 0.25) is 0 Å². The molecule has 6 nitrogen and oxygen atoms in total. The molecule has 2 aromatic rings.